The van der Waals surface area contributed by atoms with Gasteiger partial charge in [0.1, 0.15) is 0 Å². The third-order valence-corrected chi connectivity index (χ3v) is 3.42. The van der Waals surface area contributed by atoms with E-state index in [0.717, 1.165) is 19.4 Å². The first-order valence-electron chi connectivity index (χ1n) is 6.97. The zero-order valence-electron chi connectivity index (χ0n) is 12.2. The minimum atomic E-state index is -0.279. The summed E-state index contributed by atoms with van der Waals surface area (Å²) in [5, 5.41) is 12.2. The summed E-state index contributed by atoms with van der Waals surface area (Å²) < 4.78 is 5.23. The standard InChI is InChI=1S/C14H25N3O2/c1-12(13(18)17-7-9-19-10-8-17)16-6-4-5-14(2,3)11-15/h12,16H,4-10H2,1-3H3. The summed E-state index contributed by atoms with van der Waals surface area (Å²) >= 11 is 0. The van der Waals surface area contributed by atoms with Crippen molar-refractivity contribution in [3.8, 4) is 6.07 Å². The lowest BCUT2D eigenvalue weighted by molar-refractivity contribution is -0.137. The predicted octanol–water partition coefficient (Wildman–Crippen LogP) is 1.15. The number of ether oxygens (including phenoxy) is 1. The van der Waals surface area contributed by atoms with E-state index in [-0.39, 0.29) is 17.4 Å². The van der Waals surface area contributed by atoms with Gasteiger partial charge in [-0.05, 0) is 40.2 Å². The average molecular weight is 267 g/mol. The fourth-order valence-electron chi connectivity index (χ4n) is 2.05. The van der Waals surface area contributed by atoms with Crippen LogP contribution in [0.15, 0.2) is 0 Å². The Morgan fingerprint density at radius 3 is 2.68 bits per heavy atom. The summed E-state index contributed by atoms with van der Waals surface area (Å²) in [5.74, 6) is 0.142. The molecule has 1 unspecified atom stereocenters. The second-order valence-electron chi connectivity index (χ2n) is 5.71. The van der Waals surface area contributed by atoms with Crippen LogP contribution in [0.25, 0.3) is 0 Å². The van der Waals surface area contributed by atoms with E-state index >= 15 is 0 Å². The number of hydrogen-bond donors (Lipinski definition) is 1. The number of nitriles is 1. The van der Waals surface area contributed by atoms with Crippen molar-refractivity contribution in [2.75, 3.05) is 32.8 Å². The maximum atomic E-state index is 12.1. The zero-order valence-corrected chi connectivity index (χ0v) is 12.2. The molecule has 1 saturated heterocycles. The summed E-state index contributed by atoms with van der Waals surface area (Å²) in [4.78, 5) is 13.9. The van der Waals surface area contributed by atoms with Gasteiger partial charge in [0.05, 0.1) is 30.7 Å². The highest BCUT2D eigenvalue weighted by atomic mass is 16.5. The molecular weight excluding hydrogens is 242 g/mol. The van der Waals surface area contributed by atoms with Crippen LogP contribution in [0.5, 0.6) is 0 Å². The van der Waals surface area contributed by atoms with Crippen molar-refractivity contribution in [2.45, 2.75) is 39.7 Å². The Bertz CT molecular complexity index is 330. The maximum Gasteiger partial charge on any atom is 0.239 e. The van der Waals surface area contributed by atoms with Crippen LogP contribution in [0.4, 0.5) is 0 Å². The molecule has 1 amide bonds. The molecule has 0 aliphatic carbocycles. The molecule has 1 aliphatic heterocycles. The third kappa shape index (κ3) is 5.58. The Kier molecular flexibility index (Phi) is 6.26. The number of nitrogens with zero attached hydrogens (tertiary/aromatic N) is 2. The van der Waals surface area contributed by atoms with Crippen LogP contribution in [0.1, 0.15) is 33.6 Å². The Balaban J connectivity index is 2.21. The average Bonchev–Trinajstić information content (AvgIpc) is 2.43. The third-order valence-electron chi connectivity index (χ3n) is 3.42. The van der Waals surface area contributed by atoms with Crippen LogP contribution in [-0.2, 0) is 9.53 Å². The second-order valence-corrected chi connectivity index (χ2v) is 5.71. The van der Waals surface area contributed by atoms with Crippen LogP contribution in [-0.4, -0.2) is 49.7 Å². The van der Waals surface area contributed by atoms with Crippen molar-refractivity contribution in [3.63, 3.8) is 0 Å². The molecule has 1 fully saturated rings. The van der Waals surface area contributed by atoms with Gasteiger partial charge in [0.2, 0.25) is 5.91 Å². The molecular formula is C14H25N3O2. The maximum absolute atomic E-state index is 12.1. The van der Waals surface area contributed by atoms with Crippen molar-refractivity contribution < 1.29 is 9.53 Å². The van der Waals surface area contributed by atoms with Crippen molar-refractivity contribution in [3.05, 3.63) is 0 Å². The topological polar surface area (TPSA) is 65.4 Å². The predicted molar refractivity (Wildman–Crippen MR) is 73.5 cm³/mol. The summed E-state index contributed by atoms with van der Waals surface area (Å²) in [6.45, 7) is 9.18. The molecule has 0 radical (unpaired) electrons. The quantitative estimate of drug-likeness (QED) is 0.733. The molecule has 108 valence electrons. The molecule has 19 heavy (non-hydrogen) atoms. The minimum absolute atomic E-state index is 0.142. The van der Waals surface area contributed by atoms with Crippen molar-refractivity contribution in [1.29, 1.82) is 5.26 Å². The lowest BCUT2D eigenvalue weighted by Gasteiger charge is -2.29. The smallest absolute Gasteiger partial charge is 0.239 e. The molecule has 1 rings (SSSR count). The highest BCUT2D eigenvalue weighted by molar-refractivity contribution is 5.81. The summed E-state index contributed by atoms with van der Waals surface area (Å²) in [7, 11) is 0. The first-order chi connectivity index (χ1) is 8.96. The van der Waals surface area contributed by atoms with Gasteiger partial charge in [-0.1, -0.05) is 0 Å². The van der Waals surface area contributed by atoms with Crippen molar-refractivity contribution in [2.24, 2.45) is 5.41 Å². The van der Waals surface area contributed by atoms with Gasteiger partial charge in [0.15, 0.2) is 0 Å². The molecule has 5 nitrogen and oxygen atoms in total. The van der Waals surface area contributed by atoms with E-state index in [2.05, 4.69) is 11.4 Å². The number of carbonyl (C=O) groups excluding carboxylic acids is 1. The number of nitrogens with one attached hydrogen (secondary N) is 1. The Morgan fingerprint density at radius 2 is 2.11 bits per heavy atom. The van der Waals surface area contributed by atoms with Gasteiger partial charge < -0.3 is 15.0 Å². The molecule has 1 heterocycles. The molecule has 5 heteroatoms. The van der Waals surface area contributed by atoms with Crippen LogP contribution in [0, 0.1) is 16.7 Å². The number of hydrogen-bond acceptors (Lipinski definition) is 4. The van der Waals surface area contributed by atoms with E-state index in [0.29, 0.717) is 26.3 Å². The first kappa shape index (κ1) is 15.9. The first-order valence-corrected chi connectivity index (χ1v) is 6.97. The fourth-order valence-corrected chi connectivity index (χ4v) is 2.05. The Morgan fingerprint density at radius 1 is 1.47 bits per heavy atom. The van der Waals surface area contributed by atoms with Crippen LogP contribution in [0.2, 0.25) is 0 Å². The van der Waals surface area contributed by atoms with E-state index in [9.17, 15) is 4.79 Å². The highest BCUT2D eigenvalue weighted by Gasteiger charge is 2.22. The van der Waals surface area contributed by atoms with Gasteiger partial charge in [0, 0.05) is 13.1 Å². The Labute approximate surface area is 115 Å². The van der Waals surface area contributed by atoms with E-state index in [4.69, 9.17) is 10.00 Å². The normalized spacial score (nSPS) is 17.9. The number of morpholine rings is 1. The molecule has 0 spiro atoms. The SMILES string of the molecule is CC(NCCCC(C)(C)C#N)C(=O)N1CCOCC1. The summed E-state index contributed by atoms with van der Waals surface area (Å²) in [5.41, 5.74) is -0.279. The molecule has 1 aliphatic rings. The van der Waals surface area contributed by atoms with Gasteiger partial charge in [-0.3, -0.25) is 4.79 Å². The molecule has 0 aromatic rings. The van der Waals surface area contributed by atoms with E-state index < -0.39 is 0 Å². The van der Waals surface area contributed by atoms with Gasteiger partial charge >= 0.3 is 0 Å². The second kappa shape index (κ2) is 7.46. The minimum Gasteiger partial charge on any atom is -0.378 e. The van der Waals surface area contributed by atoms with Crippen LogP contribution < -0.4 is 5.32 Å². The number of amides is 1. The molecule has 0 bridgehead atoms. The Hall–Kier alpha value is -1.12. The van der Waals surface area contributed by atoms with E-state index in [1.165, 1.54) is 0 Å². The van der Waals surface area contributed by atoms with Gasteiger partial charge in [-0.25, -0.2) is 0 Å². The molecule has 1 N–H and O–H groups in total. The number of rotatable bonds is 6. The van der Waals surface area contributed by atoms with E-state index in [1.54, 1.807) is 0 Å². The molecule has 0 aromatic carbocycles. The monoisotopic (exact) mass is 267 g/mol. The van der Waals surface area contributed by atoms with Gasteiger partial charge in [-0.15, -0.1) is 0 Å². The molecule has 0 aromatic heterocycles. The number of carbonyl (C=O) groups is 1. The summed E-state index contributed by atoms with van der Waals surface area (Å²) in [6.07, 6.45) is 1.75. The lowest BCUT2D eigenvalue weighted by atomic mass is 9.90. The van der Waals surface area contributed by atoms with E-state index in [1.807, 2.05) is 25.7 Å². The largest absolute Gasteiger partial charge is 0.378 e. The van der Waals surface area contributed by atoms with Crippen molar-refractivity contribution in [1.82, 2.24) is 10.2 Å². The molecule has 0 saturated carbocycles. The van der Waals surface area contributed by atoms with Crippen LogP contribution in [0.3, 0.4) is 0 Å². The lowest BCUT2D eigenvalue weighted by Crippen LogP contribution is -2.49. The molecule has 1 atom stereocenters. The fraction of sp³-hybridized carbons (Fsp3) is 0.857. The zero-order chi connectivity index (χ0) is 14.3. The van der Waals surface area contributed by atoms with Gasteiger partial charge in [0.25, 0.3) is 0 Å². The van der Waals surface area contributed by atoms with Crippen LogP contribution >= 0.6 is 0 Å². The summed E-state index contributed by atoms with van der Waals surface area (Å²) in [6, 6.07) is 2.12. The van der Waals surface area contributed by atoms with Crippen molar-refractivity contribution >= 4 is 5.91 Å². The van der Waals surface area contributed by atoms with Gasteiger partial charge in [-0.2, -0.15) is 5.26 Å². The highest BCUT2D eigenvalue weighted by Crippen LogP contribution is 2.19.